The molecule has 1 aromatic carbocycles. The fourth-order valence-electron chi connectivity index (χ4n) is 1.49. The van der Waals surface area contributed by atoms with E-state index in [2.05, 4.69) is 26.8 Å². The number of halogens is 2. The Morgan fingerprint density at radius 1 is 1.11 bits per heavy atom. The van der Waals surface area contributed by atoms with Crippen LogP contribution in [0.5, 0.6) is 0 Å². The van der Waals surface area contributed by atoms with Crippen molar-refractivity contribution in [1.82, 2.24) is 0 Å². The number of benzene rings is 1. The lowest BCUT2D eigenvalue weighted by atomic mass is 10.1. The lowest BCUT2D eigenvalue weighted by molar-refractivity contribution is 0.713. The van der Waals surface area contributed by atoms with Crippen molar-refractivity contribution in [1.29, 1.82) is 0 Å². The summed E-state index contributed by atoms with van der Waals surface area (Å²) < 4.78 is 0. The molecule has 2 heteroatoms. The van der Waals surface area contributed by atoms with Gasteiger partial charge in [-0.15, -0.1) is 0 Å². The zero-order chi connectivity index (χ0) is 14.0. The van der Waals surface area contributed by atoms with Crippen molar-refractivity contribution < 1.29 is 0 Å². The van der Waals surface area contributed by atoms with E-state index < -0.39 is 0 Å². The highest BCUT2D eigenvalue weighted by atomic mass is 35.5. The van der Waals surface area contributed by atoms with Crippen LogP contribution in [0.2, 0.25) is 10.0 Å². The molecule has 18 heavy (non-hydrogen) atoms. The number of hydrogen-bond donors (Lipinski definition) is 0. The Kier molecular flexibility index (Phi) is 10.2. The van der Waals surface area contributed by atoms with Crippen LogP contribution in [0.3, 0.4) is 0 Å². The molecule has 0 aliphatic rings. The van der Waals surface area contributed by atoms with Gasteiger partial charge in [0.1, 0.15) is 0 Å². The second-order valence-corrected chi connectivity index (χ2v) is 5.41. The molecule has 0 heterocycles. The molecule has 0 aliphatic carbocycles. The Balaban J connectivity index is 0.000000321. The minimum absolute atomic E-state index is 0.694. The molecule has 1 aromatic rings. The van der Waals surface area contributed by atoms with Gasteiger partial charge in [-0.3, -0.25) is 0 Å². The van der Waals surface area contributed by atoms with Gasteiger partial charge >= 0.3 is 0 Å². The number of allylic oxidation sites excluding steroid dienone is 2. The molecule has 0 atom stereocenters. The molecular formula is C16H24Cl2. The van der Waals surface area contributed by atoms with Gasteiger partial charge in [-0.05, 0) is 57.4 Å². The van der Waals surface area contributed by atoms with Crippen LogP contribution < -0.4 is 0 Å². The van der Waals surface area contributed by atoms with Crippen molar-refractivity contribution in [2.45, 2.75) is 53.4 Å². The SMILES string of the molecule is C/C=C(/C)CCCCC.Cc1cc(Cl)cc(Cl)c1. The zero-order valence-corrected chi connectivity index (χ0v) is 13.4. The van der Waals surface area contributed by atoms with E-state index in [-0.39, 0.29) is 0 Å². The van der Waals surface area contributed by atoms with E-state index in [0.717, 1.165) is 5.56 Å². The van der Waals surface area contributed by atoms with E-state index in [1.54, 1.807) is 6.07 Å². The molecule has 0 unspecified atom stereocenters. The predicted octanol–water partition coefficient (Wildman–Crippen LogP) is 6.83. The Labute approximate surface area is 122 Å². The highest BCUT2D eigenvalue weighted by Gasteiger charge is 1.91. The molecule has 0 spiro atoms. The van der Waals surface area contributed by atoms with E-state index in [4.69, 9.17) is 23.2 Å². The average Bonchev–Trinajstić information content (AvgIpc) is 2.28. The molecule has 1 rings (SSSR count). The molecule has 0 radical (unpaired) electrons. The lowest BCUT2D eigenvalue weighted by Gasteiger charge is -1.96. The topological polar surface area (TPSA) is 0 Å². The summed E-state index contributed by atoms with van der Waals surface area (Å²) in [7, 11) is 0. The van der Waals surface area contributed by atoms with Crippen LogP contribution in [-0.2, 0) is 0 Å². The molecule has 0 aromatic heterocycles. The first-order valence-electron chi connectivity index (χ1n) is 6.54. The summed E-state index contributed by atoms with van der Waals surface area (Å²) >= 11 is 11.3. The summed E-state index contributed by atoms with van der Waals surface area (Å²) in [5.41, 5.74) is 2.62. The number of rotatable bonds is 4. The van der Waals surface area contributed by atoms with E-state index in [1.807, 2.05) is 19.1 Å². The van der Waals surface area contributed by atoms with Crippen LogP contribution in [0.15, 0.2) is 29.8 Å². The summed E-state index contributed by atoms with van der Waals surface area (Å²) in [4.78, 5) is 0. The molecule has 0 nitrogen and oxygen atoms in total. The Bertz CT molecular complexity index is 317. The first-order chi connectivity index (χ1) is 8.49. The third kappa shape index (κ3) is 9.56. The van der Waals surface area contributed by atoms with Crippen LogP contribution >= 0.6 is 23.2 Å². The predicted molar refractivity (Wildman–Crippen MR) is 84.8 cm³/mol. The third-order valence-electron chi connectivity index (χ3n) is 2.67. The molecule has 0 bridgehead atoms. The fraction of sp³-hybridized carbons (Fsp3) is 0.500. The molecule has 102 valence electrons. The van der Waals surface area contributed by atoms with Crippen LogP contribution in [0, 0.1) is 6.92 Å². The fourth-order valence-corrected chi connectivity index (χ4v) is 2.13. The quantitative estimate of drug-likeness (QED) is 0.420. The molecule has 0 aliphatic heterocycles. The molecule has 0 fully saturated rings. The highest BCUT2D eigenvalue weighted by Crippen LogP contribution is 2.17. The van der Waals surface area contributed by atoms with Crippen LogP contribution in [0.1, 0.15) is 52.0 Å². The minimum atomic E-state index is 0.694. The van der Waals surface area contributed by atoms with Crippen molar-refractivity contribution in [2.75, 3.05) is 0 Å². The molecule has 0 saturated heterocycles. The third-order valence-corrected chi connectivity index (χ3v) is 3.11. The summed E-state index contributed by atoms with van der Waals surface area (Å²) in [5.74, 6) is 0. The lowest BCUT2D eigenvalue weighted by Crippen LogP contribution is -1.76. The molecular weight excluding hydrogens is 263 g/mol. The second-order valence-electron chi connectivity index (χ2n) is 4.54. The van der Waals surface area contributed by atoms with Gasteiger partial charge in [0, 0.05) is 10.0 Å². The first-order valence-corrected chi connectivity index (χ1v) is 7.29. The van der Waals surface area contributed by atoms with Gasteiger partial charge in [0.05, 0.1) is 0 Å². The largest absolute Gasteiger partial charge is 0.0887 e. The van der Waals surface area contributed by atoms with E-state index in [0.29, 0.717) is 10.0 Å². The van der Waals surface area contributed by atoms with Gasteiger partial charge in [-0.2, -0.15) is 0 Å². The van der Waals surface area contributed by atoms with Gasteiger partial charge in [-0.25, -0.2) is 0 Å². The smallest absolute Gasteiger partial charge is 0.0423 e. The number of aryl methyl sites for hydroxylation is 1. The Morgan fingerprint density at radius 2 is 1.67 bits per heavy atom. The van der Waals surface area contributed by atoms with E-state index in [1.165, 1.54) is 31.3 Å². The van der Waals surface area contributed by atoms with Gasteiger partial charge < -0.3 is 0 Å². The van der Waals surface area contributed by atoms with Crippen LogP contribution in [-0.4, -0.2) is 0 Å². The van der Waals surface area contributed by atoms with Crippen LogP contribution in [0.25, 0.3) is 0 Å². The van der Waals surface area contributed by atoms with Crippen LogP contribution in [0.4, 0.5) is 0 Å². The summed E-state index contributed by atoms with van der Waals surface area (Å²) in [6.07, 6.45) is 7.58. The minimum Gasteiger partial charge on any atom is -0.0887 e. The Morgan fingerprint density at radius 3 is 2.06 bits per heavy atom. The number of unbranched alkanes of at least 4 members (excludes halogenated alkanes) is 2. The van der Waals surface area contributed by atoms with Gasteiger partial charge in [0.2, 0.25) is 0 Å². The van der Waals surface area contributed by atoms with Crippen molar-refractivity contribution >= 4 is 23.2 Å². The van der Waals surface area contributed by atoms with E-state index >= 15 is 0 Å². The monoisotopic (exact) mass is 286 g/mol. The number of hydrogen-bond acceptors (Lipinski definition) is 0. The van der Waals surface area contributed by atoms with Crippen molar-refractivity contribution in [3.8, 4) is 0 Å². The average molecular weight is 287 g/mol. The molecule has 0 amide bonds. The van der Waals surface area contributed by atoms with Gasteiger partial charge in [0.25, 0.3) is 0 Å². The Hall–Kier alpha value is -0.460. The van der Waals surface area contributed by atoms with Gasteiger partial charge in [-0.1, -0.05) is 54.6 Å². The first kappa shape index (κ1) is 17.5. The maximum Gasteiger partial charge on any atom is 0.0423 e. The van der Waals surface area contributed by atoms with Crippen molar-refractivity contribution in [2.24, 2.45) is 0 Å². The standard InChI is InChI=1S/C9H18.C7H6Cl2/c1-4-6-7-8-9(3)5-2;1-5-2-6(8)4-7(9)3-5/h5H,4,6-8H2,1-3H3;2-4H,1H3/b9-5-;. The molecule has 0 N–H and O–H groups in total. The van der Waals surface area contributed by atoms with Gasteiger partial charge in [0.15, 0.2) is 0 Å². The zero-order valence-electron chi connectivity index (χ0n) is 11.9. The maximum atomic E-state index is 5.67. The maximum absolute atomic E-state index is 5.67. The summed E-state index contributed by atoms with van der Waals surface area (Å²) in [5, 5.41) is 1.39. The summed E-state index contributed by atoms with van der Waals surface area (Å²) in [6.45, 7) is 8.51. The summed E-state index contributed by atoms with van der Waals surface area (Å²) in [6, 6.07) is 5.46. The second kappa shape index (κ2) is 10.5. The van der Waals surface area contributed by atoms with E-state index in [9.17, 15) is 0 Å². The van der Waals surface area contributed by atoms with Crippen molar-refractivity contribution in [3.63, 3.8) is 0 Å². The normalized spacial score (nSPS) is 10.9. The highest BCUT2D eigenvalue weighted by molar-refractivity contribution is 6.34. The molecule has 0 saturated carbocycles. The van der Waals surface area contributed by atoms with Crippen molar-refractivity contribution in [3.05, 3.63) is 45.5 Å².